The van der Waals surface area contributed by atoms with Crippen LogP contribution in [0.3, 0.4) is 0 Å². The highest BCUT2D eigenvalue weighted by Crippen LogP contribution is 2.20. The Hall–Kier alpha value is -0.340. The molecule has 1 rings (SSSR count). The van der Waals surface area contributed by atoms with Crippen LogP contribution >= 0.6 is 22.9 Å². The standard InChI is InChI=1S/C10H14ClNS/c1-7(2)10-12-9(6-13-10)4-8(3)5-11/h4,6-7H,5H2,1-3H3/b8-4-. The SMILES string of the molecule is C/C(=C/c1csc(C(C)C)n1)CCl. The molecule has 3 heteroatoms. The van der Waals surface area contributed by atoms with Gasteiger partial charge in [-0.2, -0.15) is 0 Å². The fraction of sp³-hybridized carbons (Fsp3) is 0.500. The summed E-state index contributed by atoms with van der Waals surface area (Å²) >= 11 is 7.39. The molecule has 0 spiro atoms. The van der Waals surface area contributed by atoms with E-state index >= 15 is 0 Å². The van der Waals surface area contributed by atoms with Crippen molar-refractivity contribution in [3.8, 4) is 0 Å². The van der Waals surface area contributed by atoms with Crippen molar-refractivity contribution >= 4 is 29.0 Å². The number of aromatic nitrogens is 1. The van der Waals surface area contributed by atoms with Gasteiger partial charge in [-0.15, -0.1) is 22.9 Å². The van der Waals surface area contributed by atoms with Gasteiger partial charge in [0, 0.05) is 17.2 Å². The van der Waals surface area contributed by atoms with E-state index in [1.165, 1.54) is 5.01 Å². The van der Waals surface area contributed by atoms with Crippen LogP contribution in [0.2, 0.25) is 0 Å². The van der Waals surface area contributed by atoms with Gasteiger partial charge in [-0.25, -0.2) is 4.98 Å². The molecule has 0 saturated heterocycles. The Morgan fingerprint density at radius 3 is 2.85 bits per heavy atom. The Kier molecular flexibility index (Phi) is 3.94. The lowest BCUT2D eigenvalue weighted by molar-refractivity contribution is 0.851. The van der Waals surface area contributed by atoms with Gasteiger partial charge in [-0.3, -0.25) is 0 Å². The average Bonchev–Trinajstić information content (AvgIpc) is 2.52. The average molecular weight is 216 g/mol. The lowest BCUT2D eigenvalue weighted by atomic mass is 10.2. The number of hydrogen-bond donors (Lipinski definition) is 0. The molecular weight excluding hydrogens is 202 g/mol. The molecule has 0 unspecified atom stereocenters. The summed E-state index contributed by atoms with van der Waals surface area (Å²) in [5.74, 6) is 1.10. The Bertz CT molecular complexity index is 302. The van der Waals surface area contributed by atoms with E-state index in [0.29, 0.717) is 11.8 Å². The summed E-state index contributed by atoms with van der Waals surface area (Å²) in [6.07, 6.45) is 2.04. The van der Waals surface area contributed by atoms with E-state index in [2.05, 4.69) is 24.2 Å². The number of alkyl halides is 1. The van der Waals surface area contributed by atoms with Gasteiger partial charge >= 0.3 is 0 Å². The van der Waals surface area contributed by atoms with E-state index in [0.717, 1.165) is 11.3 Å². The molecule has 13 heavy (non-hydrogen) atoms. The van der Waals surface area contributed by atoms with E-state index in [4.69, 9.17) is 11.6 Å². The molecule has 1 aromatic heterocycles. The summed E-state index contributed by atoms with van der Waals surface area (Å²) in [7, 11) is 0. The number of rotatable bonds is 3. The second kappa shape index (κ2) is 4.77. The van der Waals surface area contributed by atoms with Gasteiger partial charge in [0.15, 0.2) is 0 Å². The predicted molar refractivity (Wildman–Crippen MR) is 60.6 cm³/mol. The summed E-state index contributed by atoms with van der Waals surface area (Å²) in [5.41, 5.74) is 2.19. The molecule has 1 aromatic rings. The largest absolute Gasteiger partial charge is 0.242 e. The Morgan fingerprint density at radius 1 is 1.69 bits per heavy atom. The first-order chi connectivity index (χ1) is 6.13. The molecule has 0 fully saturated rings. The van der Waals surface area contributed by atoms with Crippen LogP contribution in [0.4, 0.5) is 0 Å². The van der Waals surface area contributed by atoms with Crippen molar-refractivity contribution in [1.29, 1.82) is 0 Å². The number of hydrogen-bond acceptors (Lipinski definition) is 2. The molecular formula is C10H14ClNS. The molecule has 1 heterocycles. The molecule has 0 N–H and O–H groups in total. The van der Waals surface area contributed by atoms with E-state index in [1.807, 2.05) is 13.0 Å². The van der Waals surface area contributed by atoms with Crippen molar-refractivity contribution < 1.29 is 0 Å². The molecule has 0 aromatic carbocycles. The number of halogens is 1. The molecule has 0 aliphatic rings. The molecule has 72 valence electrons. The second-order valence-corrected chi connectivity index (χ2v) is 4.55. The first kappa shape index (κ1) is 10.7. The monoisotopic (exact) mass is 215 g/mol. The maximum atomic E-state index is 5.68. The van der Waals surface area contributed by atoms with Gasteiger partial charge in [0.05, 0.1) is 10.7 Å². The van der Waals surface area contributed by atoms with Crippen molar-refractivity contribution in [2.24, 2.45) is 0 Å². The van der Waals surface area contributed by atoms with E-state index in [-0.39, 0.29) is 0 Å². The Labute approximate surface area is 88.5 Å². The Balaban J connectivity index is 2.80. The van der Waals surface area contributed by atoms with Crippen LogP contribution in [0.15, 0.2) is 11.0 Å². The molecule has 0 aliphatic carbocycles. The van der Waals surface area contributed by atoms with Crippen molar-refractivity contribution in [2.45, 2.75) is 26.7 Å². The summed E-state index contributed by atoms with van der Waals surface area (Å²) in [6.45, 7) is 6.32. The van der Waals surface area contributed by atoms with Crippen LogP contribution in [0.1, 0.15) is 37.4 Å². The maximum absolute atomic E-state index is 5.68. The highest BCUT2D eigenvalue weighted by Gasteiger charge is 2.03. The van der Waals surface area contributed by atoms with E-state index in [9.17, 15) is 0 Å². The van der Waals surface area contributed by atoms with Crippen molar-refractivity contribution in [1.82, 2.24) is 4.98 Å². The summed E-state index contributed by atoms with van der Waals surface area (Å²) < 4.78 is 0. The molecule has 0 aliphatic heterocycles. The molecule has 0 saturated carbocycles. The quantitative estimate of drug-likeness (QED) is 0.697. The van der Waals surface area contributed by atoms with Crippen molar-refractivity contribution in [3.63, 3.8) is 0 Å². The lowest BCUT2D eigenvalue weighted by Gasteiger charge is -1.95. The van der Waals surface area contributed by atoms with Gasteiger partial charge in [0.1, 0.15) is 0 Å². The summed E-state index contributed by atoms with van der Waals surface area (Å²) in [4.78, 5) is 4.48. The van der Waals surface area contributed by atoms with Gasteiger partial charge in [0.2, 0.25) is 0 Å². The zero-order chi connectivity index (χ0) is 9.84. The van der Waals surface area contributed by atoms with Gasteiger partial charge < -0.3 is 0 Å². The van der Waals surface area contributed by atoms with Crippen LogP contribution in [0, 0.1) is 0 Å². The van der Waals surface area contributed by atoms with Gasteiger partial charge in [-0.05, 0) is 13.0 Å². The Morgan fingerprint density at radius 2 is 2.38 bits per heavy atom. The summed E-state index contributed by atoms with van der Waals surface area (Å²) in [6, 6.07) is 0. The predicted octanol–water partition coefficient (Wildman–Crippen LogP) is 3.91. The number of thiazole rings is 1. The first-order valence-corrected chi connectivity index (χ1v) is 5.73. The van der Waals surface area contributed by atoms with E-state index < -0.39 is 0 Å². The van der Waals surface area contributed by atoms with Crippen LogP contribution in [-0.2, 0) is 0 Å². The second-order valence-electron chi connectivity index (χ2n) is 3.39. The highest BCUT2D eigenvalue weighted by molar-refractivity contribution is 7.09. The smallest absolute Gasteiger partial charge is 0.0957 e. The fourth-order valence-corrected chi connectivity index (χ4v) is 1.79. The van der Waals surface area contributed by atoms with Crippen LogP contribution < -0.4 is 0 Å². The van der Waals surface area contributed by atoms with Crippen LogP contribution in [-0.4, -0.2) is 10.9 Å². The van der Waals surface area contributed by atoms with Crippen LogP contribution in [0.25, 0.3) is 6.08 Å². The molecule has 0 bridgehead atoms. The highest BCUT2D eigenvalue weighted by atomic mass is 35.5. The minimum atomic E-state index is 0.517. The zero-order valence-corrected chi connectivity index (χ0v) is 9.75. The third kappa shape index (κ3) is 3.12. The molecule has 0 radical (unpaired) electrons. The van der Waals surface area contributed by atoms with Gasteiger partial charge in [-0.1, -0.05) is 19.4 Å². The lowest BCUT2D eigenvalue weighted by Crippen LogP contribution is -1.85. The number of allylic oxidation sites excluding steroid dienone is 1. The van der Waals surface area contributed by atoms with Crippen molar-refractivity contribution in [3.05, 3.63) is 21.7 Å². The third-order valence-corrected chi connectivity index (χ3v) is 3.22. The third-order valence-electron chi connectivity index (χ3n) is 1.64. The molecule has 0 atom stereocenters. The molecule has 1 nitrogen and oxygen atoms in total. The normalized spacial score (nSPS) is 12.5. The van der Waals surface area contributed by atoms with E-state index in [1.54, 1.807) is 11.3 Å². The van der Waals surface area contributed by atoms with Crippen molar-refractivity contribution in [2.75, 3.05) is 5.88 Å². The first-order valence-electron chi connectivity index (χ1n) is 4.32. The van der Waals surface area contributed by atoms with Crippen LogP contribution in [0.5, 0.6) is 0 Å². The molecule has 0 amide bonds. The minimum Gasteiger partial charge on any atom is -0.242 e. The maximum Gasteiger partial charge on any atom is 0.0957 e. The summed E-state index contributed by atoms with van der Waals surface area (Å²) in [5, 5.41) is 3.26. The zero-order valence-electron chi connectivity index (χ0n) is 8.17. The topological polar surface area (TPSA) is 12.9 Å². The number of nitrogens with zero attached hydrogens (tertiary/aromatic N) is 1. The fourth-order valence-electron chi connectivity index (χ4n) is 0.923. The minimum absolute atomic E-state index is 0.517. The van der Waals surface area contributed by atoms with Gasteiger partial charge in [0.25, 0.3) is 0 Å².